The number of phosphoric ester groups is 1. The zero-order chi connectivity index (χ0) is 67.2. The predicted molar refractivity (Wildman–Crippen MR) is 403 cm³/mol. The van der Waals surface area contributed by atoms with Crippen LogP contribution in [0.2, 0.25) is 0 Å². The second-order valence-corrected chi connectivity index (χ2v) is 25.9. The molecule has 0 aromatic heterocycles. The molecule has 2 atom stereocenters. The molecule has 3 N–H and O–H groups in total. The van der Waals surface area contributed by atoms with E-state index in [1.54, 1.807) is 0 Å². The number of hydrogen-bond donors (Lipinski definition) is 2. The fourth-order valence-electron chi connectivity index (χ4n) is 10.1. The molecule has 0 rings (SSSR count). The van der Waals surface area contributed by atoms with Crippen molar-refractivity contribution >= 4 is 19.8 Å². The third kappa shape index (κ3) is 76.3. The molecule has 93 heavy (non-hydrogen) atoms. The lowest BCUT2D eigenvalue weighted by Crippen LogP contribution is -2.29. The summed E-state index contributed by atoms with van der Waals surface area (Å²) < 4.78 is 33.2. The molecule has 9 nitrogen and oxygen atoms in total. The summed E-state index contributed by atoms with van der Waals surface area (Å²) >= 11 is 0. The second-order valence-electron chi connectivity index (χ2n) is 24.4. The average Bonchev–Trinajstić information content (AvgIpc) is 3.04. The Hall–Kier alpha value is -4.63. The minimum atomic E-state index is -4.41. The van der Waals surface area contributed by atoms with Crippen LogP contribution in [0.1, 0.15) is 309 Å². The maximum absolute atomic E-state index is 12.8. The van der Waals surface area contributed by atoms with Gasteiger partial charge >= 0.3 is 19.8 Å². The van der Waals surface area contributed by atoms with Crippen LogP contribution in [0.4, 0.5) is 0 Å². The van der Waals surface area contributed by atoms with Crippen molar-refractivity contribution in [1.82, 2.24) is 0 Å². The SMILES string of the molecule is CC/C=C\C/C=C\C/C=C\C/C=C\C/C=C\C/C=C\C/C=C\CCCCCCCCCCCCCCCCCC(=O)OC(COC(=O)CCCCCCCCCCCCCCC/C=C\C/C=C\C/C=C\C/C=C\C/C=C\C/C=C\C/C=C\CC)COP(=O)(O)OCCN. The summed E-state index contributed by atoms with van der Waals surface area (Å²) in [6, 6.07) is 0. The van der Waals surface area contributed by atoms with Crippen molar-refractivity contribution in [3.05, 3.63) is 170 Å². The van der Waals surface area contributed by atoms with Gasteiger partial charge in [0.25, 0.3) is 0 Å². The Morgan fingerprint density at radius 1 is 0.323 bits per heavy atom. The molecule has 0 fully saturated rings. The number of carbonyl (C=O) groups excluding carboxylic acids is 2. The first-order valence-corrected chi connectivity index (χ1v) is 39.1. The summed E-state index contributed by atoms with van der Waals surface area (Å²) in [5, 5.41) is 0. The van der Waals surface area contributed by atoms with Gasteiger partial charge in [-0.2, -0.15) is 0 Å². The Morgan fingerprint density at radius 2 is 0.559 bits per heavy atom. The van der Waals surface area contributed by atoms with Gasteiger partial charge in [-0.3, -0.25) is 18.6 Å². The van der Waals surface area contributed by atoms with Crippen molar-refractivity contribution < 1.29 is 37.6 Å². The Morgan fingerprint density at radius 3 is 0.828 bits per heavy atom. The van der Waals surface area contributed by atoms with Gasteiger partial charge in [0.05, 0.1) is 13.2 Å². The molecule has 0 aliphatic heterocycles. The van der Waals surface area contributed by atoms with Crippen LogP contribution in [0.3, 0.4) is 0 Å². The van der Waals surface area contributed by atoms with E-state index in [9.17, 15) is 19.0 Å². The zero-order valence-corrected chi connectivity index (χ0v) is 60.3. The summed E-state index contributed by atoms with van der Waals surface area (Å²) in [6.45, 7) is 3.53. The quantitative estimate of drug-likeness (QED) is 0.0264. The number of nitrogens with two attached hydrogens (primary N) is 1. The van der Waals surface area contributed by atoms with Crippen molar-refractivity contribution in [2.45, 2.75) is 315 Å². The number of unbranched alkanes of at least 4 members (excludes halogenated alkanes) is 28. The molecule has 0 saturated heterocycles. The van der Waals surface area contributed by atoms with E-state index in [1.165, 1.54) is 148 Å². The third-order valence-electron chi connectivity index (χ3n) is 15.6. The topological polar surface area (TPSA) is 134 Å². The first-order valence-electron chi connectivity index (χ1n) is 37.6. The van der Waals surface area contributed by atoms with Crippen molar-refractivity contribution in [2.75, 3.05) is 26.4 Å². The molecule has 0 amide bonds. The highest BCUT2D eigenvalue weighted by atomic mass is 31.2. The highest BCUT2D eigenvalue weighted by Gasteiger charge is 2.26. The molecule has 0 aliphatic rings. The van der Waals surface area contributed by atoms with Crippen molar-refractivity contribution in [3.63, 3.8) is 0 Å². The van der Waals surface area contributed by atoms with Crippen LogP contribution in [-0.2, 0) is 32.7 Å². The molecular formula is C83H138NO8P. The highest BCUT2D eigenvalue weighted by Crippen LogP contribution is 2.43. The van der Waals surface area contributed by atoms with Gasteiger partial charge in [-0.25, -0.2) is 4.57 Å². The normalized spacial score (nSPS) is 13.9. The Labute approximate surface area is 571 Å². The van der Waals surface area contributed by atoms with E-state index in [4.69, 9.17) is 24.3 Å². The van der Waals surface area contributed by atoms with Crippen LogP contribution in [0.15, 0.2) is 170 Å². The molecule has 0 aromatic carbocycles. The summed E-state index contributed by atoms with van der Waals surface area (Å²) in [4.78, 5) is 35.4. The minimum absolute atomic E-state index is 0.0472. The maximum atomic E-state index is 12.8. The van der Waals surface area contributed by atoms with E-state index in [1.807, 2.05) is 0 Å². The molecule has 0 saturated carbocycles. The standard InChI is InChI=1S/C83H138NO8P/c1-3-5-7-9-11-13-15-17-19-21-23-25-27-29-31-33-35-37-39-40-42-44-46-48-50-52-54-56-58-60-62-64-66-68-70-72-74-76-83(86)92-81(80-91-93(87,88)90-78-77-84)79-89-82(85)75-73-71-69-67-65-63-61-59-57-55-53-51-49-47-45-43-41-38-36-34-32-30-28-26-24-22-20-18-16-14-12-10-8-6-4-2/h5-8,11-14,17-20,23-26,29-32,35-38,40,42-43,45,81H,3-4,9-10,15-16,21-22,27-28,33-34,39,41,44,46-80,84H2,1-2H3,(H,87,88)/b7-5-,8-6-,13-11-,14-12-,19-17-,20-18-,25-23-,26-24-,31-29-,32-30-,37-35-,38-36-,42-40-,45-43-. The number of allylic oxidation sites excluding steroid dienone is 28. The van der Waals surface area contributed by atoms with Gasteiger partial charge in [0.1, 0.15) is 6.61 Å². The van der Waals surface area contributed by atoms with Crippen LogP contribution in [0.25, 0.3) is 0 Å². The Bertz CT molecular complexity index is 2140. The van der Waals surface area contributed by atoms with Crippen LogP contribution in [0.5, 0.6) is 0 Å². The molecule has 0 aromatic rings. The smallest absolute Gasteiger partial charge is 0.462 e. The summed E-state index contributed by atoms with van der Waals surface area (Å²) in [5.74, 6) is -0.829. The van der Waals surface area contributed by atoms with E-state index in [0.717, 1.165) is 128 Å². The predicted octanol–water partition coefficient (Wildman–Crippen LogP) is 25.3. The van der Waals surface area contributed by atoms with E-state index < -0.39 is 26.5 Å². The summed E-state index contributed by atoms with van der Waals surface area (Å²) in [6.07, 6.45) is 113. The molecular weight excluding hydrogens is 1170 g/mol. The summed E-state index contributed by atoms with van der Waals surface area (Å²) in [5.41, 5.74) is 5.41. The lowest BCUT2D eigenvalue weighted by molar-refractivity contribution is -0.161. The lowest BCUT2D eigenvalue weighted by Gasteiger charge is -2.19. The van der Waals surface area contributed by atoms with Crippen molar-refractivity contribution in [3.8, 4) is 0 Å². The zero-order valence-electron chi connectivity index (χ0n) is 59.4. The Balaban J connectivity index is 3.89. The first kappa shape index (κ1) is 88.4. The van der Waals surface area contributed by atoms with E-state index in [2.05, 4.69) is 184 Å². The number of rotatable bonds is 69. The fourth-order valence-corrected chi connectivity index (χ4v) is 10.9. The van der Waals surface area contributed by atoms with Gasteiger partial charge in [-0.15, -0.1) is 0 Å². The van der Waals surface area contributed by atoms with E-state index in [-0.39, 0.29) is 38.6 Å². The molecule has 0 radical (unpaired) electrons. The first-order chi connectivity index (χ1) is 45.8. The molecule has 0 heterocycles. The van der Waals surface area contributed by atoms with Crippen LogP contribution >= 0.6 is 7.82 Å². The fraction of sp³-hybridized carbons (Fsp3) is 0.639. The van der Waals surface area contributed by atoms with Gasteiger partial charge in [-0.1, -0.05) is 338 Å². The van der Waals surface area contributed by atoms with Gasteiger partial charge in [0, 0.05) is 19.4 Å². The van der Waals surface area contributed by atoms with E-state index in [0.29, 0.717) is 6.42 Å². The summed E-state index contributed by atoms with van der Waals surface area (Å²) in [7, 11) is -4.41. The third-order valence-corrected chi connectivity index (χ3v) is 16.6. The monoisotopic (exact) mass is 1310 g/mol. The lowest BCUT2D eigenvalue weighted by atomic mass is 10.0. The highest BCUT2D eigenvalue weighted by molar-refractivity contribution is 7.47. The number of carbonyl (C=O) groups is 2. The molecule has 0 bridgehead atoms. The Kier molecular flexibility index (Phi) is 72.6. The maximum Gasteiger partial charge on any atom is 0.472 e. The number of esters is 2. The number of phosphoric acid groups is 1. The second kappa shape index (κ2) is 76.4. The van der Waals surface area contributed by atoms with Crippen molar-refractivity contribution in [1.29, 1.82) is 0 Å². The average molecular weight is 1310 g/mol. The van der Waals surface area contributed by atoms with Gasteiger partial charge in [-0.05, 0) is 128 Å². The molecule has 10 heteroatoms. The molecule has 2 unspecified atom stereocenters. The van der Waals surface area contributed by atoms with Gasteiger partial charge in [0.15, 0.2) is 6.10 Å². The van der Waals surface area contributed by atoms with Crippen LogP contribution < -0.4 is 5.73 Å². The number of ether oxygens (including phenoxy) is 2. The van der Waals surface area contributed by atoms with Gasteiger partial charge < -0.3 is 20.1 Å². The van der Waals surface area contributed by atoms with Crippen LogP contribution in [-0.4, -0.2) is 49.3 Å². The molecule has 528 valence electrons. The minimum Gasteiger partial charge on any atom is -0.462 e. The molecule has 0 spiro atoms. The van der Waals surface area contributed by atoms with Gasteiger partial charge in [0.2, 0.25) is 0 Å². The van der Waals surface area contributed by atoms with E-state index >= 15 is 0 Å². The van der Waals surface area contributed by atoms with Crippen LogP contribution in [0, 0.1) is 0 Å². The largest absolute Gasteiger partial charge is 0.472 e. The number of hydrogen-bond acceptors (Lipinski definition) is 8. The van der Waals surface area contributed by atoms with Crippen molar-refractivity contribution in [2.24, 2.45) is 5.73 Å². The molecule has 0 aliphatic carbocycles.